The van der Waals surface area contributed by atoms with E-state index in [0.29, 0.717) is 5.02 Å². The zero-order valence-electron chi connectivity index (χ0n) is 13.7. The summed E-state index contributed by atoms with van der Waals surface area (Å²) in [7, 11) is 1.15. The van der Waals surface area contributed by atoms with Gasteiger partial charge in [-0.1, -0.05) is 29.3 Å². The number of ether oxygens (including phenoxy) is 2. The molecule has 0 aliphatic heterocycles. The van der Waals surface area contributed by atoms with Gasteiger partial charge in [0, 0.05) is 21.8 Å². The smallest absolute Gasteiger partial charge is 0.352 e. The Morgan fingerprint density at radius 3 is 2.67 bits per heavy atom. The first kappa shape index (κ1) is 18.8. The lowest BCUT2D eigenvalue weighted by Crippen LogP contribution is -2.22. The highest BCUT2D eigenvalue weighted by Crippen LogP contribution is 2.30. The summed E-state index contributed by atoms with van der Waals surface area (Å²) in [6, 6.07) is 5.63. The molecule has 27 heavy (non-hydrogen) atoms. The van der Waals surface area contributed by atoms with Crippen molar-refractivity contribution in [3.05, 3.63) is 68.3 Å². The van der Waals surface area contributed by atoms with Crippen LogP contribution in [0, 0.1) is 0 Å². The minimum atomic E-state index is -1.42. The number of H-pyrrole nitrogens is 1. The van der Waals surface area contributed by atoms with Crippen molar-refractivity contribution in [1.82, 2.24) is 15.0 Å². The maximum absolute atomic E-state index is 12.5. The van der Waals surface area contributed by atoms with Crippen LogP contribution in [0.1, 0.15) is 22.0 Å². The van der Waals surface area contributed by atoms with Gasteiger partial charge in [-0.05, 0) is 18.2 Å². The van der Waals surface area contributed by atoms with Crippen molar-refractivity contribution in [3.63, 3.8) is 0 Å². The number of nitrogens with one attached hydrogen (secondary N) is 1. The number of methoxy groups -OCH3 is 1. The number of halogens is 2. The van der Waals surface area contributed by atoms with Gasteiger partial charge in [-0.2, -0.15) is 0 Å². The molecule has 0 bridgehead atoms. The Kier molecular flexibility index (Phi) is 5.38. The van der Waals surface area contributed by atoms with Crippen LogP contribution in [0.5, 0.6) is 0 Å². The van der Waals surface area contributed by atoms with E-state index in [0.717, 1.165) is 7.11 Å². The van der Waals surface area contributed by atoms with Crippen LogP contribution >= 0.6 is 23.2 Å². The molecular formula is C17H11Cl2N3O5. The van der Waals surface area contributed by atoms with Gasteiger partial charge < -0.3 is 14.5 Å². The van der Waals surface area contributed by atoms with E-state index in [2.05, 4.69) is 19.7 Å². The summed E-state index contributed by atoms with van der Waals surface area (Å²) in [5, 5.41) is 0.582. The molecule has 1 aromatic carbocycles. The molecule has 1 N–H and O–H groups in total. The Balaban J connectivity index is 1.96. The van der Waals surface area contributed by atoms with Crippen LogP contribution in [-0.4, -0.2) is 34.0 Å². The van der Waals surface area contributed by atoms with E-state index in [9.17, 15) is 14.4 Å². The minimum Gasteiger partial charge on any atom is -0.466 e. The number of carbonyl (C=O) groups is 2. The fraction of sp³-hybridized carbons (Fsp3) is 0.118. The molecule has 8 nitrogen and oxygen atoms in total. The van der Waals surface area contributed by atoms with Crippen LogP contribution in [0.4, 0.5) is 0 Å². The summed E-state index contributed by atoms with van der Waals surface area (Å²) in [4.78, 5) is 46.7. The van der Waals surface area contributed by atoms with Crippen molar-refractivity contribution < 1.29 is 19.1 Å². The van der Waals surface area contributed by atoms with Gasteiger partial charge >= 0.3 is 11.9 Å². The van der Waals surface area contributed by atoms with Crippen molar-refractivity contribution >= 4 is 46.2 Å². The largest absolute Gasteiger partial charge is 0.466 e. The highest BCUT2D eigenvalue weighted by Gasteiger charge is 2.29. The van der Waals surface area contributed by atoms with Crippen LogP contribution < -0.4 is 5.56 Å². The number of esters is 2. The third kappa shape index (κ3) is 3.91. The number of aromatic nitrogens is 3. The van der Waals surface area contributed by atoms with Crippen LogP contribution in [0.15, 0.2) is 41.6 Å². The molecule has 0 saturated carbocycles. The zero-order valence-corrected chi connectivity index (χ0v) is 15.2. The summed E-state index contributed by atoms with van der Waals surface area (Å²) < 4.78 is 9.96. The standard InChI is InChI=1S/C17H11Cl2N3O5/c1-26-17(25)13(10-3-2-9(18)5-12(10)19)27-16(24)8-4-11-14(20-6-8)21-7-22-15(11)23/h2-7,13H,1H3,(H,20,21,22,23). The van der Waals surface area contributed by atoms with E-state index < -0.39 is 23.6 Å². The van der Waals surface area contributed by atoms with Gasteiger partial charge in [0.05, 0.1) is 24.4 Å². The Hall–Kier alpha value is -2.97. The average Bonchev–Trinajstić information content (AvgIpc) is 2.66. The molecule has 0 spiro atoms. The lowest BCUT2D eigenvalue weighted by atomic mass is 10.1. The molecule has 0 fully saturated rings. The quantitative estimate of drug-likeness (QED) is 0.661. The predicted octanol–water partition coefficient (Wildman–Crippen LogP) is 2.70. The first-order chi connectivity index (χ1) is 12.9. The van der Waals surface area contributed by atoms with Gasteiger partial charge in [0.1, 0.15) is 0 Å². The Morgan fingerprint density at radius 2 is 1.96 bits per heavy atom. The Labute approximate surface area is 162 Å². The number of rotatable bonds is 4. The second-order valence-electron chi connectivity index (χ2n) is 5.30. The van der Waals surface area contributed by atoms with Gasteiger partial charge in [-0.3, -0.25) is 4.79 Å². The molecule has 138 valence electrons. The summed E-state index contributed by atoms with van der Waals surface area (Å²) >= 11 is 12.0. The van der Waals surface area contributed by atoms with Crippen LogP contribution in [0.3, 0.4) is 0 Å². The number of carbonyl (C=O) groups excluding carboxylic acids is 2. The van der Waals surface area contributed by atoms with E-state index in [1.165, 1.54) is 36.8 Å². The number of pyridine rings is 1. The number of hydrogen-bond acceptors (Lipinski definition) is 7. The normalized spacial score (nSPS) is 11.8. The second-order valence-corrected chi connectivity index (χ2v) is 6.14. The number of benzene rings is 1. The number of hydrogen-bond donors (Lipinski definition) is 1. The number of fused-ring (bicyclic) bond motifs is 1. The lowest BCUT2D eigenvalue weighted by Gasteiger charge is -2.17. The van der Waals surface area contributed by atoms with Gasteiger partial charge in [0.15, 0.2) is 5.65 Å². The molecule has 0 aliphatic carbocycles. The van der Waals surface area contributed by atoms with E-state index in [1.54, 1.807) is 0 Å². The van der Waals surface area contributed by atoms with E-state index in [1.807, 2.05) is 0 Å². The first-order valence-electron chi connectivity index (χ1n) is 7.48. The third-order valence-corrected chi connectivity index (χ3v) is 4.18. The van der Waals surface area contributed by atoms with Gasteiger partial charge in [-0.25, -0.2) is 19.6 Å². The Bertz CT molecular complexity index is 1100. The SMILES string of the molecule is COC(=O)C(OC(=O)c1cnc2nc[nH]c(=O)c2c1)c1ccc(Cl)cc1Cl. The maximum atomic E-state index is 12.5. The number of aromatic amines is 1. The summed E-state index contributed by atoms with van der Waals surface area (Å²) in [5.74, 6) is -1.73. The molecule has 2 heterocycles. The topological polar surface area (TPSA) is 111 Å². The van der Waals surface area contributed by atoms with Crippen LogP contribution in [0.25, 0.3) is 11.0 Å². The molecule has 3 aromatic rings. The Morgan fingerprint density at radius 1 is 1.19 bits per heavy atom. The predicted molar refractivity (Wildman–Crippen MR) is 96.8 cm³/mol. The molecule has 1 atom stereocenters. The lowest BCUT2D eigenvalue weighted by molar-refractivity contribution is -0.151. The van der Waals surface area contributed by atoms with E-state index in [4.69, 9.17) is 27.9 Å². The van der Waals surface area contributed by atoms with Crippen molar-refractivity contribution in [2.45, 2.75) is 6.10 Å². The fourth-order valence-electron chi connectivity index (χ4n) is 2.30. The summed E-state index contributed by atoms with van der Waals surface area (Å²) in [6.45, 7) is 0. The average molecular weight is 408 g/mol. The van der Waals surface area contributed by atoms with Crippen LogP contribution in [-0.2, 0) is 14.3 Å². The molecule has 10 heteroatoms. The van der Waals surface area contributed by atoms with Crippen molar-refractivity contribution in [1.29, 1.82) is 0 Å². The minimum absolute atomic E-state index is 0.0417. The third-order valence-electron chi connectivity index (χ3n) is 3.61. The van der Waals surface area contributed by atoms with Crippen molar-refractivity contribution in [2.24, 2.45) is 0 Å². The molecular weight excluding hydrogens is 397 g/mol. The maximum Gasteiger partial charge on any atom is 0.352 e. The molecule has 3 rings (SSSR count). The first-order valence-corrected chi connectivity index (χ1v) is 8.23. The molecule has 2 aromatic heterocycles. The molecule has 0 radical (unpaired) electrons. The van der Waals surface area contributed by atoms with E-state index >= 15 is 0 Å². The zero-order chi connectivity index (χ0) is 19.6. The number of nitrogens with zero attached hydrogens (tertiary/aromatic N) is 2. The van der Waals surface area contributed by atoms with Crippen LogP contribution in [0.2, 0.25) is 10.0 Å². The molecule has 1 unspecified atom stereocenters. The van der Waals surface area contributed by atoms with Gasteiger partial charge in [-0.15, -0.1) is 0 Å². The molecule has 0 aliphatic rings. The molecule has 0 saturated heterocycles. The van der Waals surface area contributed by atoms with Crippen molar-refractivity contribution in [2.75, 3.05) is 7.11 Å². The second kappa shape index (κ2) is 7.73. The molecule has 0 amide bonds. The van der Waals surface area contributed by atoms with Gasteiger partial charge in [0.25, 0.3) is 5.56 Å². The van der Waals surface area contributed by atoms with Crippen molar-refractivity contribution in [3.8, 4) is 0 Å². The van der Waals surface area contributed by atoms with E-state index in [-0.39, 0.29) is 27.2 Å². The fourth-order valence-corrected chi connectivity index (χ4v) is 2.81. The highest BCUT2D eigenvalue weighted by molar-refractivity contribution is 6.35. The van der Waals surface area contributed by atoms with Gasteiger partial charge in [0.2, 0.25) is 6.10 Å². The summed E-state index contributed by atoms with van der Waals surface area (Å²) in [6.07, 6.45) is 0.968. The highest BCUT2D eigenvalue weighted by atomic mass is 35.5. The summed E-state index contributed by atoms with van der Waals surface area (Å²) in [5.41, 5.74) is -0.137. The monoisotopic (exact) mass is 407 g/mol.